The molecule has 2 aromatic rings. The standard InChI is InChI=1S/C12H15N3O4/c1-15-8-2-5-19-10(8)6-9(15)12(18)14-7-11(17)13-3-4-16/h2,5-6,16H,3-4,7H2,1H3,(H,13,17)(H,14,18). The Bertz CT molecular complexity index is 599. The molecule has 0 spiro atoms. The first-order valence-electron chi connectivity index (χ1n) is 5.82. The van der Waals surface area contributed by atoms with Crippen molar-refractivity contribution < 1.29 is 19.1 Å². The molecule has 102 valence electrons. The van der Waals surface area contributed by atoms with Gasteiger partial charge in [0.05, 0.1) is 24.9 Å². The Hall–Kier alpha value is -2.28. The predicted molar refractivity (Wildman–Crippen MR) is 67.6 cm³/mol. The summed E-state index contributed by atoms with van der Waals surface area (Å²) in [5.41, 5.74) is 1.86. The average Bonchev–Trinajstić information content (AvgIpc) is 2.97. The number of carbonyl (C=O) groups excluding carboxylic acids is 2. The second kappa shape index (κ2) is 5.57. The number of aliphatic hydroxyl groups excluding tert-OH is 1. The number of fused-ring (bicyclic) bond motifs is 1. The molecule has 3 N–H and O–H groups in total. The Morgan fingerprint density at radius 3 is 2.89 bits per heavy atom. The third-order valence-corrected chi connectivity index (χ3v) is 2.74. The molecule has 7 heteroatoms. The van der Waals surface area contributed by atoms with Crippen LogP contribution >= 0.6 is 0 Å². The molecule has 0 atom stereocenters. The SMILES string of the molecule is Cn1c(C(=O)NCC(=O)NCCO)cc2occc21. The van der Waals surface area contributed by atoms with E-state index in [-0.39, 0.29) is 31.5 Å². The molecule has 0 aliphatic carbocycles. The van der Waals surface area contributed by atoms with E-state index in [2.05, 4.69) is 10.6 Å². The zero-order valence-corrected chi connectivity index (χ0v) is 10.5. The van der Waals surface area contributed by atoms with Gasteiger partial charge in [-0.25, -0.2) is 0 Å². The van der Waals surface area contributed by atoms with Gasteiger partial charge in [-0.05, 0) is 0 Å². The van der Waals surface area contributed by atoms with E-state index >= 15 is 0 Å². The van der Waals surface area contributed by atoms with Crippen molar-refractivity contribution in [3.8, 4) is 0 Å². The smallest absolute Gasteiger partial charge is 0.268 e. The van der Waals surface area contributed by atoms with Gasteiger partial charge in [0, 0.05) is 25.7 Å². The summed E-state index contributed by atoms with van der Waals surface area (Å²) in [5, 5.41) is 13.5. The van der Waals surface area contributed by atoms with Crippen molar-refractivity contribution in [3.63, 3.8) is 0 Å². The summed E-state index contributed by atoms with van der Waals surface area (Å²) in [6, 6.07) is 3.39. The molecule has 0 aliphatic heterocycles. The highest BCUT2D eigenvalue weighted by atomic mass is 16.3. The summed E-state index contributed by atoms with van der Waals surface area (Å²) in [6.45, 7) is -0.0922. The van der Waals surface area contributed by atoms with E-state index in [9.17, 15) is 9.59 Å². The predicted octanol–water partition coefficient (Wildman–Crippen LogP) is -0.390. The molecule has 0 aromatic carbocycles. The fourth-order valence-corrected chi connectivity index (χ4v) is 1.78. The minimum Gasteiger partial charge on any atom is -0.463 e. The number of aryl methyl sites for hydroxylation is 1. The van der Waals surface area contributed by atoms with Crippen LogP contribution < -0.4 is 10.6 Å². The highest BCUT2D eigenvalue weighted by molar-refractivity contribution is 5.99. The van der Waals surface area contributed by atoms with Gasteiger partial charge in [-0.2, -0.15) is 0 Å². The topological polar surface area (TPSA) is 96.5 Å². The van der Waals surface area contributed by atoms with E-state index in [1.807, 2.05) is 0 Å². The molecule has 0 bridgehead atoms. The second-order valence-electron chi connectivity index (χ2n) is 4.01. The molecule has 2 rings (SSSR count). The quantitative estimate of drug-likeness (QED) is 0.686. The van der Waals surface area contributed by atoms with E-state index in [4.69, 9.17) is 9.52 Å². The number of aliphatic hydroxyl groups is 1. The maximum atomic E-state index is 11.9. The lowest BCUT2D eigenvalue weighted by molar-refractivity contribution is -0.120. The molecule has 19 heavy (non-hydrogen) atoms. The van der Waals surface area contributed by atoms with Crippen LogP contribution in [0.4, 0.5) is 0 Å². The molecule has 0 saturated heterocycles. The van der Waals surface area contributed by atoms with Crippen LogP contribution in [0.5, 0.6) is 0 Å². The van der Waals surface area contributed by atoms with Crippen LogP contribution in [0.1, 0.15) is 10.5 Å². The zero-order chi connectivity index (χ0) is 13.8. The number of aromatic nitrogens is 1. The molecule has 0 aliphatic rings. The first kappa shape index (κ1) is 13.2. The monoisotopic (exact) mass is 265 g/mol. The maximum absolute atomic E-state index is 11.9. The number of nitrogens with zero attached hydrogens (tertiary/aromatic N) is 1. The molecule has 0 radical (unpaired) electrons. The fraction of sp³-hybridized carbons (Fsp3) is 0.333. The number of carbonyl (C=O) groups is 2. The summed E-state index contributed by atoms with van der Waals surface area (Å²) in [7, 11) is 1.75. The molecular formula is C12H15N3O4. The van der Waals surface area contributed by atoms with Crippen LogP contribution in [0.15, 0.2) is 22.8 Å². The first-order valence-corrected chi connectivity index (χ1v) is 5.82. The van der Waals surface area contributed by atoms with Crippen molar-refractivity contribution >= 4 is 22.9 Å². The average molecular weight is 265 g/mol. The zero-order valence-electron chi connectivity index (χ0n) is 10.5. The van der Waals surface area contributed by atoms with E-state index < -0.39 is 0 Å². The van der Waals surface area contributed by atoms with Crippen molar-refractivity contribution in [1.82, 2.24) is 15.2 Å². The van der Waals surface area contributed by atoms with Gasteiger partial charge in [0.15, 0.2) is 5.58 Å². The van der Waals surface area contributed by atoms with Crippen molar-refractivity contribution in [3.05, 3.63) is 24.1 Å². The summed E-state index contributed by atoms with van der Waals surface area (Å²) in [5.74, 6) is -0.701. The highest BCUT2D eigenvalue weighted by Crippen LogP contribution is 2.19. The molecule has 0 saturated carbocycles. The van der Waals surface area contributed by atoms with Crippen LogP contribution in [0, 0.1) is 0 Å². The summed E-state index contributed by atoms with van der Waals surface area (Å²) in [4.78, 5) is 23.2. The Balaban J connectivity index is 1.98. The first-order chi connectivity index (χ1) is 9.13. The number of nitrogens with one attached hydrogen (secondary N) is 2. The van der Waals surface area contributed by atoms with Gasteiger partial charge in [0.1, 0.15) is 5.69 Å². The molecule has 0 fully saturated rings. The summed E-state index contributed by atoms with van der Waals surface area (Å²) < 4.78 is 6.89. The molecule has 7 nitrogen and oxygen atoms in total. The van der Waals surface area contributed by atoms with Crippen LogP contribution in [0.2, 0.25) is 0 Å². The minimum atomic E-state index is -0.354. The van der Waals surface area contributed by atoms with E-state index in [1.54, 1.807) is 30.0 Å². The lowest BCUT2D eigenvalue weighted by Crippen LogP contribution is -2.38. The number of amides is 2. The summed E-state index contributed by atoms with van der Waals surface area (Å²) in [6.07, 6.45) is 1.55. The van der Waals surface area contributed by atoms with Crippen molar-refractivity contribution in [2.75, 3.05) is 19.7 Å². The normalized spacial score (nSPS) is 10.6. The third-order valence-electron chi connectivity index (χ3n) is 2.74. The molecule has 2 aromatic heterocycles. The van der Waals surface area contributed by atoms with Gasteiger partial charge >= 0.3 is 0 Å². The van der Waals surface area contributed by atoms with Crippen LogP contribution in [-0.2, 0) is 11.8 Å². The van der Waals surface area contributed by atoms with Gasteiger partial charge in [0.2, 0.25) is 5.91 Å². The Morgan fingerprint density at radius 1 is 1.42 bits per heavy atom. The van der Waals surface area contributed by atoms with Gasteiger partial charge in [-0.3, -0.25) is 9.59 Å². The maximum Gasteiger partial charge on any atom is 0.268 e. The largest absolute Gasteiger partial charge is 0.463 e. The molecule has 2 amide bonds. The Labute approximate surface area is 109 Å². The van der Waals surface area contributed by atoms with Gasteiger partial charge in [-0.15, -0.1) is 0 Å². The Kier molecular flexibility index (Phi) is 3.86. The lowest BCUT2D eigenvalue weighted by atomic mass is 10.4. The van der Waals surface area contributed by atoms with Gasteiger partial charge < -0.3 is 24.7 Å². The van der Waals surface area contributed by atoms with Gasteiger partial charge in [-0.1, -0.05) is 0 Å². The Morgan fingerprint density at radius 2 is 2.21 bits per heavy atom. The minimum absolute atomic E-state index is 0.131. The molecular weight excluding hydrogens is 250 g/mol. The molecule has 0 unspecified atom stereocenters. The van der Waals surface area contributed by atoms with E-state index in [0.29, 0.717) is 11.3 Å². The highest BCUT2D eigenvalue weighted by Gasteiger charge is 2.15. The van der Waals surface area contributed by atoms with Crippen molar-refractivity contribution in [1.29, 1.82) is 0 Å². The van der Waals surface area contributed by atoms with Crippen molar-refractivity contribution in [2.45, 2.75) is 0 Å². The third kappa shape index (κ3) is 2.76. The second-order valence-corrected chi connectivity index (χ2v) is 4.01. The number of hydrogen-bond donors (Lipinski definition) is 3. The molecule has 2 heterocycles. The van der Waals surface area contributed by atoms with Crippen LogP contribution in [0.3, 0.4) is 0 Å². The van der Waals surface area contributed by atoms with E-state index in [1.165, 1.54) is 0 Å². The van der Waals surface area contributed by atoms with Crippen LogP contribution in [0.25, 0.3) is 11.1 Å². The van der Waals surface area contributed by atoms with E-state index in [0.717, 1.165) is 5.52 Å². The number of furan rings is 1. The fourth-order valence-electron chi connectivity index (χ4n) is 1.78. The van der Waals surface area contributed by atoms with Gasteiger partial charge in [0.25, 0.3) is 5.91 Å². The van der Waals surface area contributed by atoms with Crippen LogP contribution in [-0.4, -0.2) is 41.2 Å². The number of rotatable bonds is 5. The lowest BCUT2D eigenvalue weighted by Gasteiger charge is -2.06. The number of hydrogen-bond acceptors (Lipinski definition) is 4. The summed E-state index contributed by atoms with van der Waals surface area (Å²) >= 11 is 0. The van der Waals surface area contributed by atoms with Crippen molar-refractivity contribution in [2.24, 2.45) is 7.05 Å².